The van der Waals surface area contributed by atoms with Crippen LogP contribution in [0.25, 0.3) is 17.0 Å². The topological polar surface area (TPSA) is 101 Å². The van der Waals surface area contributed by atoms with Gasteiger partial charge in [-0.15, -0.1) is 15.3 Å². The highest BCUT2D eigenvalue weighted by atomic mass is 32.2. The first-order chi connectivity index (χ1) is 15.3. The molecular weight excluding hydrogens is 431 g/mol. The molecule has 2 aromatic carbocycles. The molecule has 2 N–H and O–H groups in total. The van der Waals surface area contributed by atoms with Gasteiger partial charge in [-0.25, -0.2) is 17.5 Å². The molecule has 8 nitrogen and oxygen atoms in total. The summed E-state index contributed by atoms with van der Waals surface area (Å²) < 4.78 is 42.4. The second-order valence-corrected chi connectivity index (χ2v) is 9.45. The molecule has 0 bridgehead atoms. The van der Waals surface area contributed by atoms with Crippen LogP contribution in [0, 0.1) is 5.82 Å². The number of hydrogen-bond acceptors (Lipinski definition) is 6. The quantitative estimate of drug-likeness (QED) is 0.423. The van der Waals surface area contributed by atoms with Crippen LogP contribution in [0.3, 0.4) is 0 Å². The normalized spacial score (nSPS) is 11.9. The maximum atomic E-state index is 14.2. The average Bonchev–Trinajstić information content (AvgIpc) is 3.15. The van der Waals surface area contributed by atoms with Gasteiger partial charge >= 0.3 is 0 Å². The Balaban J connectivity index is 1.47. The lowest BCUT2D eigenvalue weighted by Gasteiger charge is -2.10. The predicted octanol–water partition coefficient (Wildman–Crippen LogP) is 3.37. The predicted molar refractivity (Wildman–Crippen MR) is 121 cm³/mol. The average molecular weight is 455 g/mol. The van der Waals surface area contributed by atoms with E-state index in [9.17, 15) is 12.8 Å². The second-order valence-electron chi connectivity index (χ2n) is 7.69. The first kappa shape index (κ1) is 21.8. The van der Waals surface area contributed by atoms with Gasteiger partial charge in [0, 0.05) is 12.6 Å². The van der Waals surface area contributed by atoms with E-state index in [1.807, 2.05) is 12.1 Å². The van der Waals surface area contributed by atoms with Crippen LogP contribution in [0.2, 0.25) is 0 Å². The van der Waals surface area contributed by atoms with Crippen molar-refractivity contribution in [3.8, 4) is 11.4 Å². The van der Waals surface area contributed by atoms with Crippen LogP contribution >= 0.6 is 0 Å². The van der Waals surface area contributed by atoms with Gasteiger partial charge < -0.3 is 5.32 Å². The molecule has 0 fully saturated rings. The van der Waals surface area contributed by atoms with E-state index in [1.165, 1.54) is 10.6 Å². The van der Waals surface area contributed by atoms with Crippen molar-refractivity contribution in [3.05, 3.63) is 77.6 Å². The van der Waals surface area contributed by atoms with E-state index in [0.29, 0.717) is 35.0 Å². The summed E-state index contributed by atoms with van der Waals surface area (Å²) in [6.07, 6.45) is 0. The van der Waals surface area contributed by atoms with Gasteiger partial charge in [-0.2, -0.15) is 4.52 Å². The number of halogens is 1. The number of hydrogen-bond donors (Lipinski definition) is 2. The Bertz CT molecular complexity index is 1340. The summed E-state index contributed by atoms with van der Waals surface area (Å²) in [5.74, 6) is 0.432. The number of rotatable bonds is 8. The Labute approximate surface area is 185 Å². The molecule has 0 saturated heterocycles. The molecule has 0 spiro atoms. The van der Waals surface area contributed by atoms with Gasteiger partial charge in [-0.3, -0.25) is 0 Å². The van der Waals surface area contributed by atoms with E-state index in [0.717, 1.165) is 5.56 Å². The first-order valence-electron chi connectivity index (χ1n) is 10.1. The van der Waals surface area contributed by atoms with Gasteiger partial charge in [-0.05, 0) is 49.2 Å². The third kappa shape index (κ3) is 5.09. The highest BCUT2D eigenvalue weighted by Crippen LogP contribution is 2.21. The number of sulfonamides is 1. The molecule has 2 heterocycles. The summed E-state index contributed by atoms with van der Waals surface area (Å²) in [6.45, 7) is 4.06. The fourth-order valence-corrected chi connectivity index (χ4v) is 4.69. The Morgan fingerprint density at radius 3 is 2.41 bits per heavy atom. The van der Waals surface area contributed by atoms with Crippen LogP contribution in [-0.2, 0) is 22.3 Å². The Kier molecular flexibility index (Phi) is 6.15. The number of anilines is 1. The van der Waals surface area contributed by atoms with Gasteiger partial charge in [0.25, 0.3) is 0 Å². The molecule has 4 rings (SSSR count). The molecule has 166 valence electrons. The van der Waals surface area contributed by atoms with E-state index < -0.39 is 15.8 Å². The summed E-state index contributed by atoms with van der Waals surface area (Å²) in [4.78, 5) is 0. The Hall–Kier alpha value is -3.37. The van der Waals surface area contributed by atoms with Gasteiger partial charge in [0.2, 0.25) is 10.0 Å². The molecule has 0 aliphatic heterocycles. The number of benzene rings is 2. The minimum Gasteiger partial charge on any atom is -0.365 e. The lowest BCUT2D eigenvalue weighted by atomic mass is 10.1. The van der Waals surface area contributed by atoms with E-state index in [2.05, 4.69) is 25.3 Å². The van der Waals surface area contributed by atoms with Crippen molar-refractivity contribution in [3.63, 3.8) is 0 Å². The van der Waals surface area contributed by atoms with Gasteiger partial charge in [0.05, 0.1) is 11.3 Å². The minimum absolute atomic E-state index is 0.0659. The molecule has 4 aromatic rings. The summed E-state index contributed by atoms with van der Waals surface area (Å²) in [5, 5.41) is 15.8. The zero-order valence-corrected chi connectivity index (χ0v) is 18.5. The zero-order chi connectivity index (χ0) is 22.7. The SMILES string of the molecule is CC(C)NS(=O)(=O)Cc1ccc(CNc2ccc3nnc(-c4ccccc4F)n3n2)cc1. The standard InChI is InChI=1S/C22H23FN6O2S/c1-15(2)28-32(30,31)14-17-9-7-16(8-10-17)13-24-20-11-12-21-25-26-22(29(21)27-20)18-5-3-4-6-19(18)23/h3-12,15,28H,13-14H2,1-2H3,(H,24,27). The fraction of sp³-hybridized carbons (Fsp3) is 0.227. The highest BCUT2D eigenvalue weighted by molar-refractivity contribution is 7.88. The lowest BCUT2D eigenvalue weighted by Crippen LogP contribution is -2.31. The first-order valence-corrected chi connectivity index (χ1v) is 11.7. The number of nitrogens with one attached hydrogen (secondary N) is 2. The molecule has 0 aliphatic rings. The summed E-state index contributed by atoms with van der Waals surface area (Å²) >= 11 is 0. The van der Waals surface area contributed by atoms with Crippen LogP contribution in [-0.4, -0.2) is 34.3 Å². The third-order valence-electron chi connectivity index (χ3n) is 4.65. The Morgan fingerprint density at radius 1 is 0.969 bits per heavy atom. The van der Waals surface area contributed by atoms with Crippen molar-refractivity contribution in [1.82, 2.24) is 24.5 Å². The third-order valence-corrected chi connectivity index (χ3v) is 6.19. The van der Waals surface area contributed by atoms with Crippen LogP contribution < -0.4 is 10.0 Å². The molecule has 0 aliphatic carbocycles. The van der Waals surface area contributed by atoms with Gasteiger partial charge in [0.15, 0.2) is 11.5 Å². The van der Waals surface area contributed by atoms with Crippen LogP contribution in [0.4, 0.5) is 10.2 Å². The molecule has 32 heavy (non-hydrogen) atoms. The largest absolute Gasteiger partial charge is 0.365 e. The van der Waals surface area contributed by atoms with Crippen molar-refractivity contribution < 1.29 is 12.8 Å². The van der Waals surface area contributed by atoms with Crippen LogP contribution in [0.1, 0.15) is 25.0 Å². The lowest BCUT2D eigenvalue weighted by molar-refractivity contribution is 0.569. The van der Waals surface area contributed by atoms with E-state index in [-0.39, 0.29) is 11.8 Å². The molecule has 0 unspecified atom stereocenters. The van der Waals surface area contributed by atoms with E-state index >= 15 is 0 Å². The number of aromatic nitrogens is 4. The van der Waals surface area contributed by atoms with Gasteiger partial charge in [0.1, 0.15) is 11.6 Å². The maximum absolute atomic E-state index is 14.2. The van der Waals surface area contributed by atoms with Crippen LogP contribution in [0.5, 0.6) is 0 Å². The summed E-state index contributed by atoms with van der Waals surface area (Å²) in [5.41, 5.74) is 2.50. The summed E-state index contributed by atoms with van der Waals surface area (Å²) in [7, 11) is -3.36. The molecule has 0 atom stereocenters. The maximum Gasteiger partial charge on any atom is 0.216 e. The molecular formula is C22H23FN6O2S. The molecule has 2 aromatic heterocycles. The zero-order valence-electron chi connectivity index (χ0n) is 17.7. The molecule has 0 amide bonds. The van der Waals surface area contributed by atoms with Crippen molar-refractivity contribution in [2.45, 2.75) is 32.2 Å². The highest BCUT2D eigenvalue weighted by Gasteiger charge is 2.14. The Morgan fingerprint density at radius 2 is 1.69 bits per heavy atom. The van der Waals surface area contributed by atoms with E-state index in [1.54, 1.807) is 56.3 Å². The smallest absolute Gasteiger partial charge is 0.216 e. The van der Waals surface area contributed by atoms with E-state index in [4.69, 9.17) is 0 Å². The minimum atomic E-state index is -3.36. The van der Waals surface area contributed by atoms with Crippen molar-refractivity contribution >= 4 is 21.5 Å². The fourth-order valence-electron chi connectivity index (χ4n) is 3.26. The molecule has 10 heteroatoms. The number of nitrogens with zero attached hydrogens (tertiary/aromatic N) is 4. The van der Waals surface area contributed by atoms with Crippen molar-refractivity contribution in [2.75, 3.05) is 5.32 Å². The second kappa shape index (κ2) is 9.01. The molecule has 0 saturated carbocycles. The monoisotopic (exact) mass is 454 g/mol. The van der Waals surface area contributed by atoms with Crippen molar-refractivity contribution in [2.24, 2.45) is 0 Å². The van der Waals surface area contributed by atoms with Gasteiger partial charge in [-0.1, -0.05) is 36.4 Å². The van der Waals surface area contributed by atoms with Crippen LogP contribution in [0.15, 0.2) is 60.7 Å². The summed E-state index contributed by atoms with van der Waals surface area (Å²) in [6, 6.07) is 17.1. The van der Waals surface area contributed by atoms with Crippen molar-refractivity contribution in [1.29, 1.82) is 0 Å². The number of fused-ring (bicyclic) bond motifs is 1. The molecule has 0 radical (unpaired) electrons.